The molecule has 0 aromatic heterocycles. The second kappa shape index (κ2) is 6.85. The molecular weight excluding hydrogens is 348 g/mol. The number of benzene rings is 2. The summed E-state index contributed by atoms with van der Waals surface area (Å²) in [6.45, 7) is 0.592. The van der Waals surface area contributed by atoms with Gasteiger partial charge in [0.05, 0.1) is 0 Å². The third-order valence-electron chi connectivity index (χ3n) is 4.04. The molecule has 2 aromatic rings. The van der Waals surface area contributed by atoms with Crippen LogP contribution in [0.2, 0.25) is 5.02 Å². The molecule has 1 fully saturated rings. The van der Waals surface area contributed by atoms with Crippen molar-refractivity contribution in [2.24, 2.45) is 0 Å². The topological polar surface area (TPSA) is 9.23 Å². The average Bonchev–Trinajstić information content (AvgIpc) is 2.93. The van der Waals surface area contributed by atoms with Crippen LogP contribution in [0.3, 0.4) is 0 Å². The Morgan fingerprint density at radius 1 is 1.10 bits per heavy atom. The highest BCUT2D eigenvalue weighted by Crippen LogP contribution is 2.43. The molecule has 0 amide bonds. The van der Waals surface area contributed by atoms with Crippen molar-refractivity contribution in [2.75, 3.05) is 0 Å². The monoisotopic (exact) mass is 364 g/mol. The standard InChI is InChI=1S/C18H18BrClO/c19-17-8-4-7-15(17)16-11-14(20)9-10-18(16)21-12-13-5-2-1-3-6-13/h1-3,5-6,9-11,15,17H,4,7-8,12H2. The van der Waals surface area contributed by atoms with Crippen LogP contribution in [0.4, 0.5) is 0 Å². The second-order valence-corrected chi connectivity index (χ2v) is 7.12. The van der Waals surface area contributed by atoms with Gasteiger partial charge in [0.15, 0.2) is 0 Å². The lowest BCUT2D eigenvalue weighted by Gasteiger charge is -2.19. The summed E-state index contributed by atoms with van der Waals surface area (Å²) in [5.74, 6) is 1.45. The maximum Gasteiger partial charge on any atom is 0.123 e. The Balaban J connectivity index is 1.81. The van der Waals surface area contributed by atoms with Crippen LogP contribution < -0.4 is 4.74 Å². The molecule has 0 heterocycles. The highest BCUT2D eigenvalue weighted by atomic mass is 79.9. The summed E-state index contributed by atoms with van der Waals surface area (Å²) in [7, 11) is 0. The molecule has 0 radical (unpaired) electrons. The maximum absolute atomic E-state index is 6.19. The molecule has 1 aliphatic carbocycles. The minimum absolute atomic E-state index is 0.495. The highest BCUT2D eigenvalue weighted by molar-refractivity contribution is 9.09. The molecule has 2 unspecified atom stereocenters. The van der Waals surface area contributed by atoms with Gasteiger partial charge in [-0.05, 0) is 42.2 Å². The third kappa shape index (κ3) is 3.61. The largest absolute Gasteiger partial charge is 0.489 e. The first kappa shape index (κ1) is 14.9. The first-order valence-electron chi connectivity index (χ1n) is 7.34. The Labute approximate surface area is 139 Å². The van der Waals surface area contributed by atoms with Crippen molar-refractivity contribution in [1.82, 2.24) is 0 Å². The zero-order valence-electron chi connectivity index (χ0n) is 11.8. The lowest BCUT2D eigenvalue weighted by atomic mass is 9.96. The zero-order valence-corrected chi connectivity index (χ0v) is 14.1. The van der Waals surface area contributed by atoms with Crippen LogP contribution in [0.5, 0.6) is 5.75 Å². The number of hydrogen-bond donors (Lipinski definition) is 0. The molecule has 3 rings (SSSR count). The summed E-state index contributed by atoms with van der Waals surface area (Å²) in [5.41, 5.74) is 2.41. The van der Waals surface area contributed by atoms with Gasteiger partial charge < -0.3 is 4.74 Å². The van der Waals surface area contributed by atoms with Crippen molar-refractivity contribution >= 4 is 27.5 Å². The van der Waals surface area contributed by atoms with Gasteiger partial charge in [0.2, 0.25) is 0 Å². The van der Waals surface area contributed by atoms with Crippen molar-refractivity contribution < 1.29 is 4.74 Å². The highest BCUT2D eigenvalue weighted by Gasteiger charge is 2.28. The average molecular weight is 366 g/mol. The SMILES string of the molecule is Clc1ccc(OCc2ccccc2)c(C2CCCC2Br)c1. The van der Waals surface area contributed by atoms with Gasteiger partial charge in [0, 0.05) is 15.8 Å². The molecule has 1 nitrogen and oxygen atoms in total. The van der Waals surface area contributed by atoms with Crippen LogP contribution in [-0.4, -0.2) is 4.83 Å². The molecule has 0 aliphatic heterocycles. The second-order valence-electron chi connectivity index (χ2n) is 5.51. The summed E-state index contributed by atoms with van der Waals surface area (Å²) in [6.07, 6.45) is 3.67. The van der Waals surface area contributed by atoms with Crippen LogP contribution in [0.15, 0.2) is 48.5 Å². The van der Waals surface area contributed by atoms with E-state index in [2.05, 4.69) is 34.1 Å². The molecule has 1 saturated carbocycles. The predicted octanol–water partition coefficient (Wildman–Crippen LogP) is 5.95. The number of halogens is 2. The zero-order chi connectivity index (χ0) is 14.7. The first-order chi connectivity index (χ1) is 10.2. The van der Waals surface area contributed by atoms with Gasteiger partial charge in [-0.25, -0.2) is 0 Å². The van der Waals surface area contributed by atoms with E-state index in [0.717, 1.165) is 10.8 Å². The molecule has 0 N–H and O–H groups in total. The van der Waals surface area contributed by atoms with Crippen molar-refractivity contribution in [1.29, 1.82) is 0 Å². The van der Waals surface area contributed by atoms with Gasteiger partial charge >= 0.3 is 0 Å². The van der Waals surface area contributed by atoms with Gasteiger partial charge in [0.1, 0.15) is 12.4 Å². The van der Waals surface area contributed by atoms with Crippen LogP contribution in [0.1, 0.15) is 36.3 Å². The quantitative estimate of drug-likeness (QED) is 0.608. The lowest BCUT2D eigenvalue weighted by molar-refractivity contribution is 0.301. The Kier molecular flexibility index (Phi) is 4.87. The molecule has 3 heteroatoms. The van der Waals surface area contributed by atoms with Gasteiger partial charge in [-0.1, -0.05) is 64.3 Å². The van der Waals surface area contributed by atoms with Gasteiger partial charge in [-0.15, -0.1) is 0 Å². The Morgan fingerprint density at radius 3 is 2.62 bits per heavy atom. The number of alkyl halides is 1. The summed E-state index contributed by atoms with van der Waals surface area (Å²) in [5, 5.41) is 0.781. The van der Waals surface area contributed by atoms with Crippen LogP contribution in [-0.2, 0) is 6.61 Å². The number of rotatable bonds is 4. The van der Waals surface area contributed by atoms with Crippen molar-refractivity contribution in [2.45, 2.75) is 36.6 Å². The molecule has 0 spiro atoms. The first-order valence-corrected chi connectivity index (χ1v) is 8.63. The van der Waals surface area contributed by atoms with Crippen molar-refractivity contribution in [3.05, 3.63) is 64.7 Å². The third-order valence-corrected chi connectivity index (χ3v) is 5.37. The Hall–Kier alpha value is -0.990. The van der Waals surface area contributed by atoms with Gasteiger partial charge in [-0.3, -0.25) is 0 Å². The van der Waals surface area contributed by atoms with E-state index in [9.17, 15) is 0 Å². The van der Waals surface area contributed by atoms with Crippen LogP contribution in [0, 0.1) is 0 Å². The lowest BCUT2D eigenvalue weighted by Crippen LogP contribution is -2.07. The van der Waals surface area contributed by atoms with E-state index >= 15 is 0 Å². The van der Waals surface area contributed by atoms with Crippen LogP contribution in [0.25, 0.3) is 0 Å². The van der Waals surface area contributed by atoms with Gasteiger partial charge in [-0.2, -0.15) is 0 Å². The molecule has 21 heavy (non-hydrogen) atoms. The number of ether oxygens (including phenoxy) is 1. The van der Waals surface area contributed by atoms with E-state index in [1.165, 1.54) is 30.4 Å². The summed E-state index contributed by atoms with van der Waals surface area (Å²) < 4.78 is 6.06. The molecule has 2 atom stereocenters. The molecule has 110 valence electrons. The van der Waals surface area contributed by atoms with E-state index in [0.29, 0.717) is 17.4 Å². The Bertz CT molecular complexity index is 599. The normalized spacial score (nSPS) is 21.4. The summed E-state index contributed by atoms with van der Waals surface area (Å²) in [6, 6.07) is 16.2. The predicted molar refractivity (Wildman–Crippen MR) is 91.5 cm³/mol. The van der Waals surface area contributed by atoms with E-state index in [4.69, 9.17) is 16.3 Å². The smallest absolute Gasteiger partial charge is 0.123 e. The van der Waals surface area contributed by atoms with E-state index < -0.39 is 0 Å². The Morgan fingerprint density at radius 2 is 1.90 bits per heavy atom. The summed E-state index contributed by atoms with van der Waals surface area (Å²) in [4.78, 5) is 0.523. The molecular formula is C18H18BrClO. The summed E-state index contributed by atoms with van der Waals surface area (Å²) >= 11 is 9.99. The van der Waals surface area contributed by atoms with Crippen LogP contribution >= 0.6 is 27.5 Å². The minimum Gasteiger partial charge on any atom is -0.489 e. The molecule has 1 aliphatic rings. The van der Waals surface area contributed by atoms with Crippen molar-refractivity contribution in [3.8, 4) is 5.75 Å². The molecule has 0 saturated heterocycles. The van der Waals surface area contributed by atoms with E-state index in [1.54, 1.807) is 0 Å². The number of hydrogen-bond acceptors (Lipinski definition) is 1. The fraction of sp³-hybridized carbons (Fsp3) is 0.333. The fourth-order valence-corrected chi connectivity index (χ4v) is 3.99. The van der Waals surface area contributed by atoms with Crippen molar-refractivity contribution in [3.63, 3.8) is 0 Å². The van der Waals surface area contributed by atoms with Gasteiger partial charge in [0.25, 0.3) is 0 Å². The maximum atomic E-state index is 6.19. The minimum atomic E-state index is 0.495. The fourth-order valence-electron chi connectivity index (χ4n) is 2.94. The molecule has 2 aromatic carbocycles. The molecule has 0 bridgehead atoms. The van der Waals surface area contributed by atoms with E-state index in [1.807, 2.05) is 30.3 Å². The van der Waals surface area contributed by atoms with E-state index in [-0.39, 0.29) is 0 Å².